The van der Waals surface area contributed by atoms with Crippen LogP contribution in [0.3, 0.4) is 0 Å². The van der Waals surface area contributed by atoms with Crippen molar-refractivity contribution in [1.82, 2.24) is 9.80 Å². The van der Waals surface area contributed by atoms with Crippen LogP contribution >= 0.6 is 0 Å². The van der Waals surface area contributed by atoms with Gasteiger partial charge >= 0.3 is 0 Å². The summed E-state index contributed by atoms with van der Waals surface area (Å²) in [6, 6.07) is 5.67. The number of hydrogen-bond acceptors (Lipinski definition) is 4. The Morgan fingerprint density at radius 1 is 0.900 bits per heavy atom. The van der Waals surface area contributed by atoms with E-state index in [9.17, 15) is 18.8 Å². The third kappa shape index (κ3) is 3.41. The molecule has 1 aromatic carbocycles. The summed E-state index contributed by atoms with van der Waals surface area (Å²) < 4.78 is 13.0. The lowest BCUT2D eigenvalue weighted by molar-refractivity contribution is -0.141. The summed E-state index contributed by atoms with van der Waals surface area (Å²) in [5, 5.41) is 0. The van der Waals surface area contributed by atoms with E-state index in [0.717, 1.165) is 38.8 Å². The maximum atomic E-state index is 13.0. The molecule has 3 fully saturated rings. The molecule has 30 heavy (non-hydrogen) atoms. The van der Waals surface area contributed by atoms with Crippen molar-refractivity contribution in [3.8, 4) is 0 Å². The van der Waals surface area contributed by atoms with Crippen molar-refractivity contribution in [1.29, 1.82) is 0 Å². The number of amides is 2. The third-order valence-corrected chi connectivity index (χ3v) is 7.53. The molecule has 5 nitrogen and oxygen atoms in total. The van der Waals surface area contributed by atoms with E-state index in [2.05, 4.69) is 17.1 Å². The number of hydrogen-bond donors (Lipinski definition) is 0. The lowest BCUT2D eigenvalue weighted by Crippen LogP contribution is -2.42. The van der Waals surface area contributed by atoms with Gasteiger partial charge in [-0.25, -0.2) is 4.39 Å². The van der Waals surface area contributed by atoms with Gasteiger partial charge in [-0.15, -0.1) is 0 Å². The molecule has 0 spiro atoms. The minimum Gasteiger partial charge on any atom is -0.296 e. The van der Waals surface area contributed by atoms with Gasteiger partial charge in [0.05, 0.1) is 18.4 Å². The second-order valence-corrected chi connectivity index (χ2v) is 9.28. The van der Waals surface area contributed by atoms with Crippen LogP contribution in [-0.2, 0) is 9.59 Å². The predicted molar refractivity (Wildman–Crippen MR) is 109 cm³/mol. The van der Waals surface area contributed by atoms with Gasteiger partial charge in [0.25, 0.3) is 0 Å². The monoisotopic (exact) mass is 410 g/mol. The van der Waals surface area contributed by atoms with Crippen LogP contribution in [0.4, 0.5) is 4.39 Å². The molecule has 3 aliphatic carbocycles. The molecule has 0 aromatic heterocycles. The summed E-state index contributed by atoms with van der Waals surface area (Å²) in [5.74, 6) is 0.232. The molecule has 158 valence electrons. The minimum atomic E-state index is -0.345. The van der Waals surface area contributed by atoms with E-state index >= 15 is 0 Å². The molecular weight excluding hydrogens is 383 g/mol. The van der Waals surface area contributed by atoms with Crippen LogP contribution in [-0.4, -0.2) is 53.6 Å². The maximum absolute atomic E-state index is 13.0. The van der Waals surface area contributed by atoms with Crippen molar-refractivity contribution in [2.75, 3.05) is 26.2 Å². The smallest absolute Gasteiger partial charge is 0.233 e. The van der Waals surface area contributed by atoms with Gasteiger partial charge < -0.3 is 0 Å². The van der Waals surface area contributed by atoms with Crippen molar-refractivity contribution >= 4 is 17.6 Å². The highest BCUT2D eigenvalue weighted by atomic mass is 19.1. The van der Waals surface area contributed by atoms with Crippen LogP contribution in [0.1, 0.15) is 36.0 Å². The Balaban J connectivity index is 1.15. The van der Waals surface area contributed by atoms with Crippen molar-refractivity contribution in [2.24, 2.45) is 29.6 Å². The van der Waals surface area contributed by atoms with Crippen molar-refractivity contribution < 1.29 is 18.8 Å². The number of Topliss-reactive ketones (excluding diaryl/α,β-unsaturated/α-hetero) is 1. The Hall–Kier alpha value is -2.34. The lowest BCUT2D eigenvalue weighted by atomic mass is 9.63. The number of nitrogens with zero attached hydrogens (tertiary/aromatic N) is 2. The second-order valence-electron chi connectivity index (χ2n) is 9.28. The van der Waals surface area contributed by atoms with Gasteiger partial charge in [-0.3, -0.25) is 24.2 Å². The highest BCUT2D eigenvalue weighted by molar-refractivity contribution is 6.06. The zero-order valence-electron chi connectivity index (χ0n) is 17.0. The summed E-state index contributed by atoms with van der Waals surface area (Å²) in [6.07, 6.45) is 8.09. The van der Waals surface area contributed by atoms with Gasteiger partial charge in [-0.1, -0.05) is 12.2 Å². The zero-order chi connectivity index (χ0) is 20.8. The Kier molecular flexibility index (Phi) is 5.05. The van der Waals surface area contributed by atoms with Crippen LogP contribution in [0.2, 0.25) is 0 Å². The molecule has 2 aliphatic heterocycles. The topological polar surface area (TPSA) is 57.7 Å². The molecule has 5 aliphatic rings. The quantitative estimate of drug-likeness (QED) is 0.426. The maximum Gasteiger partial charge on any atom is 0.233 e. The van der Waals surface area contributed by atoms with E-state index in [-0.39, 0.29) is 47.1 Å². The largest absolute Gasteiger partial charge is 0.296 e. The SMILES string of the molecule is O=C(CN1CCC(CN2C(=O)C3C(C2=O)[C@@H]2C=C[C@@H]3CC2)CC1)c1ccc(F)cc1. The molecule has 2 saturated heterocycles. The van der Waals surface area contributed by atoms with Crippen LogP contribution in [0.25, 0.3) is 0 Å². The van der Waals surface area contributed by atoms with Crippen molar-refractivity contribution in [3.63, 3.8) is 0 Å². The molecule has 0 N–H and O–H groups in total. The molecule has 2 heterocycles. The fourth-order valence-electron chi connectivity index (χ4n) is 5.83. The number of ketones is 1. The Morgan fingerprint density at radius 3 is 2.00 bits per heavy atom. The number of halogens is 1. The van der Waals surface area contributed by atoms with Crippen LogP contribution in [0.15, 0.2) is 36.4 Å². The van der Waals surface area contributed by atoms with Gasteiger partial charge in [0.1, 0.15) is 5.82 Å². The summed E-state index contributed by atoms with van der Waals surface area (Å²) >= 11 is 0. The lowest BCUT2D eigenvalue weighted by Gasteiger charge is -2.38. The van der Waals surface area contributed by atoms with E-state index < -0.39 is 0 Å². The summed E-state index contributed by atoms with van der Waals surface area (Å²) in [4.78, 5) is 42.1. The number of carbonyl (C=O) groups is 3. The normalized spacial score (nSPS) is 31.4. The summed E-state index contributed by atoms with van der Waals surface area (Å²) in [5.41, 5.74) is 0.526. The van der Waals surface area contributed by atoms with Crippen molar-refractivity contribution in [2.45, 2.75) is 25.7 Å². The number of piperidine rings is 1. The van der Waals surface area contributed by atoms with Crippen LogP contribution in [0.5, 0.6) is 0 Å². The fraction of sp³-hybridized carbons (Fsp3) is 0.542. The molecule has 2 bridgehead atoms. The van der Waals surface area contributed by atoms with E-state index in [1.807, 2.05) is 0 Å². The number of fused-ring (bicyclic) bond motifs is 1. The molecule has 2 unspecified atom stereocenters. The molecule has 6 heteroatoms. The first kappa shape index (κ1) is 19.6. The predicted octanol–water partition coefficient (Wildman–Crippen LogP) is 2.92. The van der Waals surface area contributed by atoms with E-state index in [4.69, 9.17) is 0 Å². The zero-order valence-corrected chi connectivity index (χ0v) is 17.0. The van der Waals surface area contributed by atoms with E-state index in [0.29, 0.717) is 24.6 Å². The number of carbonyl (C=O) groups excluding carboxylic acids is 3. The molecule has 1 saturated carbocycles. The number of allylic oxidation sites excluding steroid dienone is 2. The first-order chi connectivity index (χ1) is 14.5. The van der Waals surface area contributed by atoms with Gasteiger partial charge in [0.15, 0.2) is 5.78 Å². The van der Waals surface area contributed by atoms with Crippen LogP contribution in [0, 0.1) is 35.4 Å². The first-order valence-electron chi connectivity index (χ1n) is 11.1. The average Bonchev–Trinajstić information content (AvgIpc) is 3.03. The molecule has 2 amide bonds. The third-order valence-electron chi connectivity index (χ3n) is 7.53. The molecular formula is C24H27FN2O3. The Labute approximate surface area is 175 Å². The summed E-state index contributed by atoms with van der Waals surface area (Å²) in [6.45, 7) is 2.38. The van der Waals surface area contributed by atoms with Gasteiger partial charge in [0, 0.05) is 12.1 Å². The molecule has 4 atom stereocenters. The molecule has 1 aromatic rings. The van der Waals surface area contributed by atoms with Gasteiger partial charge in [0.2, 0.25) is 11.8 Å². The highest BCUT2D eigenvalue weighted by Crippen LogP contribution is 2.49. The Morgan fingerprint density at radius 2 is 1.47 bits per heavy atom. The molecule has 0 radical (unpaired) electrons. The van der Waals surface area contributed by atoms with Crippen LogP contribution < -0.4 is 0 Å². The number of likely N-dealkylation sites (tertiary alicyclic amines) is 2. The molecule has 6 rings (SSSR count). The van der Waals surface area contributed by atoms with Gasteiger partial charge in [-0.2, -0.15) is 0 Å². The van der Waals surface area contributed by atoms with Crippen molar-refractivity contribution in [3.05, 3.63) is 47.8 Å². The van der Waals surface area contributed by atoms with E-state index in [1.54, 1.807) is 4.90 Å². The van der Waals surface area contributed by atoms with E-state index in [1.165, 1.54) is 24.3 Å². The fourth-order valence-corrected chi connectivity index (χ4v) is 5.83. The minimum absolute atomic E-state index is 0.00889. The number of rotatable bonds is 5. The first-order valence-corrected chi connectivity index (χ1v) is 11.1. The standard InChI is InChI=1S/C24H27FN2O3/c25-19-7-5-16(6-8-19)20(28)14-26-11-9-15(10-12-26)13-27-23(29)21-17-1-2-18(4-3-17)22(21)24(27)30/h1-2,5-8,15,17-18,21-22H,3-4,9-14H2/t17-,18-,21?,22?/m1/s1. The Bertz CT molecular complexity index is 856. The number of imide groups is 1. The average molecular weight is 410 g/mol. The highest BCUT2D eigenvalue weighted by Gasteiger charge is 2.56. The number of benzene rings is 1. The second kappa shape index (κ2) is 7.73. The summed E-state index contributed by atoms with van der Waals surface area (Å²) in [7, 11) is 0. The van der Waals surface area contributed by atoms with Gasteiger partial charge in [-0.05, 0) is 80.8 Å².